The zero-order valence-corrected chi connectivity index (χ0v) is 29.6. The van der Waals surface area contributed by atoms with Crippen molar-refractivity contribution in [1.82, 2.24) is 0 Å². The van der Waals surface area contributed by atoms with Crippen molar-refractivity contribution in [3.8, 4) is 23.0 Å². The van der Waals surface area contributed by atoms with E-state index in [-0.39, 0.29) is 69.7 Å². The summed E-state index contributed by atoms with van der Waals surface area (Å²) in [4.78, 5) is 0. The highest BCUT2D eigenvalue weighted by molar-refractivity contribution is 5.62. The van der Waals surface area contributed by atoms with E-state index in [1.807, 2.05) is 27.7 Å². The quantitative estimate of drug-likeness (QED) is 0.246. The molecule has 0 bridgehead atoms. The van der Waals surface area contributed by atoms with Gasteiger partial charge in [0.2, 0.25) is 0 Å². The molecule has 6 nitrogen and oxygen atoms in total. The summed E-state index contributed by atoms with van der Waals surface area (Å²) in [6.45, 7) is 22.0. The zero-order chi connectivity index (χ0) is 33.5. The minimum absolute atomic E-state index is 0.00533. The third-order valence-corrected chi connectivity index (χ3v) is 13.6. The Morgan fingerprint density at radius 1 is 0.565 bits per heavy atom. The van der Waals surface area contributed by atoms with Crippen LogP contribution >= 0.6 is 0 Å². The summed E-state index contributed by atoms with van der Waals surface area (Å²) in [6.07, 6.45) is 4.51. The van der Waals surface area contributed by atoms with Gasteiger partial charge >= 0.3 is 0 Å². The highest BCUT2D eigenvalue weighted by atomic mass is 16.6. The van der Waals surface area contributed by atoms with Crippen LogP contribution in [0.3, 0.4) is 0 Å². The molecule has 4 N–H and O–H groups in total. The van der Waals surface area contributed by atoms with Crippen molar-refractivity contribution in [2.45, 2.75) is 155 Å². The van der Waals surface area contributed by atoms with Gasteiger partial charge in [-0.1, -0.05) is 82.1 Å². The lowest BCUT2D eigenvalue weighted by molar-refractivity contribution is -0.297. The second-order valence-corrected chi connectivity index (χ2v) is 18.1. The highest BCUT2D eigenvalue weighted by Gasteiger charge is 2.66. The first kappa shape index (κ1) is 32.1. The smallest absolute Gasteiger partial charge is 0.161 e. The fourth-order valence-corrected chi connectivity index (χ4v) is 11.9. The molecule has 3 fully saturated rings. The van der Waals surface area contributed by atoms with E-state index in [1.165, 1.54) is 0 Å². The molecule has 2 aromatic rings. The number of rotatable bonds is 2. The van der Waals surface area contributed by atoms with Crippen LogP contribution in [0.15, 0.2) is 12.1 Å². The summed E-state index contributed by atoms with van der Waals surface area (Å²) in [5.41, 5.74) is 3.96. The normalized spacial score (nSPS) is 37.0. The number of hydrogen-bond acceptors (Lipinski definition) is 6. The molecule has 7 rings (SSSR count). The molecule has 252 valence electrons. The van der Waals surface area contributed by atoms with E-state index < -0.39 is 23.0 Å². The molecule has 6 heteroatoms. The summed E-state index contributed by atoms with van der Waals surface area (Å²) in [5.74, 6) is 0.0924. The van der Waals surface area contributed by atoms with Crippen molar-refractivity contribution < 1.29 is 29.9 Å². The van der Waals surface area contributed by atoms with E-state index >= 15 is 0 Å². The van der Waals surface area contributed by atoms with Crippen LogP contribution in [0.2, 0.25) is 0 Å². The van der Waals surface area contributed by atoms with Gasteiger partial charge in [0, 0.05) is 44.9 Å². The molecule has 1 aliphatic heterocycles. The van der Waals surface area contributed by atoms with Gasteiger partial charge in [0.1, 0.15) is 12.2 Å². The van der Waals surface area contributed by atoms with Crippen molar-refractivity contribution in [2.24, 2.45) is 22.7 Å². The number of hydrogen-bond donors (Lipinski definition) is 4. The molecule has 8 atom stereocenters. The lowest BCUT2D eigenvalue weighted by atomic mass is 9.47. The van der Waals surface area contributed by atoms with E-state index in [0.29, 0.717) is 0 Å². The van der Waals surface area contributed by atoms with Gasteiger partial charge in [-0.2, -0.15) is 0 Å². The fraction of sp³-hybridized carbons (Fsp3) is 0.700. The Balaban J connectivity index is 1.51. The first-order chi connectivity index (χ1) is 21.4. The minimum atomic E-state index is -0.429. The zero-order valence-electron chi connectivity index (χ0n) is 29.6. The summed E-state index contributed by atoms with van der Waals surface area (Å²) < 4.78 is 15.1. The molecule has 5 aliphatic rings. The van der Waals surface area contributed by atoms with Crippen LogP contribution in [0.5, 0.6) is 23.0 Å². The second-order valence-electron chi connectivity index (χ2n) is 18.1. The number of ether oxygens (including phenoxy) is 2. The van der Waals surface area contributed by atoms with Gasteiger partial charge in [0.05, 0.1) is 12.2 Å². The van der Waals surface area contributed by atoms with Crippen molar-refractivity contribution >= 4 is 0 Å². The standard InChI is InChI=1S/C40H56O6/c1-19(2)21-17-23-25(29(43)27(21)41)39(9)15-11-13-37(5,6)35(39)33-31(23)45-34-32(46-33)24-18-22(20(3)4)28(42)30(44)26(24)40(10)16-12-14-38(7,8)36(34)40/h17-20,31-36,41-44H,11-16H2,1-10H3/t31?,32?,33?,34?,35?,36?,39-,40-/m1/s1. The Hall–Kier alpha value is -2.44. The van der Waals surface area contributed by atoms with Crippen molar-refractivity contribution in [1.29, 1.82) is 0 Å². The lowest BCUT2D eigenvalue weighted by Crippen LogP contribution is -2.64. The largest absolute Gasteiger partial charge is 0.504 e. The molecule has 6 unspecified atom stereocenters. The second kappa shape index (κ2) is 10.0. The molecule has 0 aromatic heterocycles. The van der Waals surface area contributed by atoms with Crippen molar-refractivity contribution in [3.63, 3.8) is 0 Å². The molecule has 1 heterocycles. The number of aromatic hydroxyl groups is 4. The average molecular weight is 633 g/mol. The Kier molecular flexibility index (Phi) is 7.01. The summed E-state index contributed by atoms with van der Waals surface area (Å²) >= 11 is 0. The molecular formula is C40H56O6. The predicted molar refractivity (Wildman–Crippen MR) is 180 cm³/mol. The van der Waals surface area contributed by atoms with E-state index in [9.17, 15) is 20.4 Å². The van der Waals surface area contributed by atoms with Crippen LogP contribution in [0.1, 0.15) is 165 Å². The van der Waals surface area contributed by atoms with Crippen LogP contribution < -0.4 is 0 Å². The van der Waals surface area contributed by atoms with E-state index in [1.54, 1.807) is 0 Å². The van der Waals surface area contributed by atoms with Gasteiger partial charge in [-0.3, -0.25) is 0 Å². The van der Waals surface area contributed by atoms with Crippen LogP contribution in [-0.4, -0.2) is 32.6 Å². The van der Waals surface area contributed by atoms with Gasteiger partial charge < -0.3 is 29.9 Å². The average Bonchev–Trinajstić information content (AvgIpc) is 2.94. The minimum Gasteiger partial charge on any atom is -0.504 e. The molecule has 46 heavy (non-hydrogen) atoms. The third-order valence-electron chi connectivity index (χ3n) is 13.6. The fourth-order valence-electron chi connectivity index (χ4n) is 11.9. The number of phenolic OH excluding ortho intramolecular Hbond substituents is 4. The summed E-state index contributed by atoms with van der Waals surface area (Å²) in [5, 5.41) is 46.4. The number of fused-ring (bicyclic) bond motifs is 12. The Bertz CT molecular complexity index is 1470. The molecule has 0 radical (unpaired) electrons. The Morgan fingerprint density at radius 3 is 1.24 bits per heavy atom. The van der Waals surface area contributed by atoms with Gasteiger partial charge in [0.15, 0.2) is 23.0 Å². The maximum Gasteiger partial charge on any atom is 0.161 e. The van der Waals surface area contributed by atoms with E-state index in [2.05, 4.69) is 53.7 Å². The topological polar surface area (TPSA) is 99.4 Å². The van der Waals surface area contributed by atoms with E-state index in [0.717, 1.165) is 71.9 Å². The van der Waals surface area contributed by atoms with Crippen LogP contribution in [0.25, 0.3) is 0 Å². The van der Waals surface area contributed by atoms with Gasteiger partial charge in [-0.25, -0.2) is 0 Å². The molecular weight excluding hydrogens is 576 g/mol. The third kappa shape index (κ3) is 4.07. The molecule has 2 aromatic carbocycles. The maximum atomic E-state index is 11.9. The summed E-state index contributed by atoms with van der Waals surface area (Å²) in [6, 6.07) is 4.20. The predicted octanol–water partition coefficient (Wildman–Crippen LogP) is 9.52. The SMILES string of the molecule is CC(C)c1cc2c(c(O)c1O)[C@@]1(C)CCCC(C)(C)C1C1OC3c4cc(C(C)C)c(O)c(O)c4[C@@]4(C)CCCC(C)(C)C4C3OC21. The monoisotopic (exact) mass is 632 g/mol. The molecule has 0 spiro atoms. The van der Waals surface area contributed by atoms with Crippen LogP contribution in [-0.2, 0) is 20.3 Å². The lowest BCUT2D eigenvalue weighted by Gasteiger charge is -2.65. The molecule has 4 aliphatic carbocycles. The Morgan fingerprint density at radius 2 is 0.913 bits per heavy atom. The molecule has 2 saturated carbocycles. The van der Waals surface area contributed by atoms with E-state index in [4.69, 9.17) is 9.47 Å². The van der Waals surface area contributed by atoms with Gasteiger partial charge in [-0.05, 0) is 71.6 Å². The van der Waals surface area contributed by atoms with Gasteiger partial charge in [0.25, 0.3) is 0 Å². The van der Waals surface area contributed by atoms with Crippen molar-refractivity contribution in [3.05, 3.63) is 45.5 Å². The van der Waals surface area contributed by atoms with Crippen LogP contribution in [0, 0.1) is 22.7 Å². The maximum absolute atomic E-state index is 11.9. The molecule has 0 amide bonds. The van der Waals surface area contributed by atoms with Crippen molar-refractivity contribution in [2.75, 3.05) is 0 Å². The van der Waals surface area contributed by atoms with Crippen LogP contribution in [0.4, 0.5) is 0 Å². The highest BCUT2D eigenvalue weighted by Crippen LogP contribution is 2.70. The number of phenols is 4. The van der Waals surface area contributed by atoms with Gasteiger partial charge in [-0.15, -0.1) is 0 Å². The number of benzene rings is 2. The first-order valence-electron chi connectivity index (χ1n) is 17.9. The first-order valence-corrected chi connectivity index (χ1v) is 17.9. The Labute approximate surface area is 275 Å². The molecule has 1 saturated heterocycles. The summed E-state index contributed by atoms with van der Waals surface area (Å²) in [7, 11) is 0.